The number of esters is 1. The Bertz CT molecular complexity index is 1090. The third-order valence-electron chi connectivity index (χ3n) is 8.53. The molecular weight excluding hydrogens is 424 g/mol. The van der Waals surface area contributed by atoms with Crippen LogP contribution in [0.5, 0.6) is 11.5 Å². The number of phenols is 1. The number of ketones is 1. The van der Waals surface area contributed by atoms with E-state index in [4.69, 9.17) is 4.74 Å². The van der Waals surface area contributed by atoms with Crippen LogP contribution >= 0.6 is 0 Å². The highest BCUT2D eigenvalue weighted by atomic mass is 16.5. The lowest BCUT2D eigenvalue weighted by atomic mass is 9.47. The lowest BCUT2D eigenvalue weighted by Gasteiger charge is -2.65. The van der Waals surface area contributed by atoms with Gasteiger partial charge in [-0.15, -0.1) is 0 Å². The minimum Gasteiger partial charge on any atom is -0.504 e. The number of hydrogen-bond donors (Lipinski definition) is 2. The fraction of sp³-hybridized carbons (Fsp3) is 0.560. The number of ether oxygens (including phenoxy) is 2. The van der Waals surface area contributed by atoms with Crippen LogP contribution in [0, 0.1) is 5.92 Å². The summed E-state index contributed by atoms with van der Waals surface area (Å²) in [7, 11) is 1.27. The van der Waals surface area contributed by atoms with Gasteiger partial charge in [0.25, 0.3) is 0 Å². The number of carbonyl (C=O) groups is 3. The summed E-state index contributed by atoms with van der Waals surface area (Å²) in [5.41, 5.74) is 0.506. The van der Waals surface area contributed by atoms with Crippen LogP contribution in [0.4, 0.5) is 0 Å². The van der Waals surface area contributed by atoms with E-state index in [9.17, 15) is 19.5 Å². The third-order valence-corrected chi connectivity index (χ3v) is 8.53. The van der Waals surface area contributed by atoms with Crippen LogP contribution in [-0.2, 0) is 31.0 Å². The van der Waals surface area contributed by atoms with Gasteiger partial charge in [0.1, 0.15) is 0 Å². The van der Waals surface area contributed by atoms with Crippen molar-refractivity contribution >= 4 is 17.7 Å². The molecule has 6 rings (SSSR count). The number of nitrogens with zero attached hydrogens (tertiary/aromatic N) is 1. The van der Waals surface area contributed by atoms with Gasteiger partial charge in [-0.25, -0.2) is 4.79 Å². The Labute approximate surface area is 191 Å². The zero-order valence-electron chi connectivity index (χ0n) is 18.6. The minimum absolute atomic E-state index is 0.00418. The van der Waals surface area contributed by atoms with Gasteiger partial charge >= 0.3 is 5.97 Å². The molecule has 3 aliphatic carbocycles. The molecule has 174 valence electrons. The first-order valence-corrected chi connectivity index (χ1v) is 11.8. The molecule has 0 aromatic heterocycles. The van der Waals surface area contributed by atoms with Crippen molar-refractivity contribution < 1.29 is 29.0 Å². The molecule has 8 nitrogen and oxygen atoms in total. The van der Waals surface area contributed by atoms with E-state index in [0.717, 1.165) is 30.3 Å². The zero-order chi connectivity index (χ0) is 23.0. The van der Waals surface area contributed by atoms with Crippen LogP contribution in [0.3, 0.4) is 0 Å². The predicted octanol–water partition coefficient (Wildman–Crippen LogP) is 1.38. The number of aromatic hydroxyl groups is 1. The molecule has 4 atom stereocenters. The molecule has 5 aliphatic rings. The van der Waals surface area contributed by atoms with Crippen LogP contribution in [0.1, 0.15) is 43.2 Å². The fourth-order valence-electron chi connectivity index (χ4n) is 7.04. The SMILES string of the molecule is COC(=O)C=CC(=O)NC12CCC(=O)C3Oc4c(O)ccc5c4C31CCN(CC1CC1)C2C5. The lowest BCUT2D eigenvalue weighted by molar-refractivity contribution is -0.148. The summed E-state index contributed by atoms with van der Waals surface area (Å²) in [6.45, 7) is 1.80. The van der Waals surface area contributed by atoms with Crippen LogP contribution < -0.4 is 10.1 Å². The number of hydrogen-bond acceptors (Lipinski definition) is 7. The monoisotopic (exact) mass is 452 g/mol. The molecule has 0 radical (unpaired) electrons. The van der Waals surface area contributed by atoms with Crippen molar-refractivity contribution in [3.05, 3.63) is 35.4 Å². The molecule has 1 spiro atoms. The molecule has 3 fully saturated rings. The Morgan fingerprint density at radius 2 is 2.12 bits per heavy atom. The highest BCUT2D eigenvalue weighted by Gasteiger charge is 2.73. The van der Waals surface area contributed by atoms with Crippen LogP contribution in [0.25, 0.3) is 0 Å². The normalized spacial score (nSPS) is 34.0. The van der Waals surface area contributed by atoms with Gasteiger partial charge in [-0.3, -0.25) is 14.5 Å². The van der Waals surface area contributed by atoms with Crippen molar-refractivity contribution in [3.8, 4) is 11.5 Å². The number of phenolic OH excluding ortho intramolecular Hbond substituents is 1. The van der Waals surface area contributed by atoms with Crippen molar-refractivity contribution in [3.63, 3.8) is 0 Å². The summed E-state index contributed by atoms with van der Waals surface area (Å²) >= 11 is 0. The number of piperidine rings is 1. The van der Waals surface area contributed by atoms with Crippen molar-refractivity contribution in [1.82, 2.24) is 10.2 Å². The van der Waals surface area contributed by atoms with Gasteiger partial charge < -0.3 is 19.9 Å². The molecule has 2 saturated carbocycles. The molecule has 2 bridgehead atoms. The second kappa shape index (κ2) is 7.06. The first-order valence-electron chi connectivity index (χ1n) is 11.8. The first kappa shape index (κ1) is 20.7. The lowest BCUT2D eigenvalue weighted by Crippen LogP contribution is -2.81. The molecule has 4 unspecified atom stereocenters. The summed E-state index contributed by atoms with van der Waals surface area (Å²) < 4.78 is 10.8. The van der Waals surface area contributed by atoms with Gasteiger partial charge in [-0.05, 0) is 56.2 Å². The Kier molecular flexibility index (Phi) is 4.43. The highest BCUT2D eigenvalue weighted by molar-refractivity contribution is 5.96. The average molecular weight is 453 g/mol. The predicted molar refractivity (Wildman–Crippen MR) is 117 cm³/mol. The summed E-state index contributed by atoms with van der Waals surface area (Å²) in [4.78, 5) is 40.4. The Morgan fingerprint density at radius 1 is 1.30 bits per heavy atom. The van der Waals surface area contributed by atoms with Crippen molar-refractivity contribution in [2.45, 2.75) is 61.6 Å². The number of Topliss-reactive ketones (excluding diaryl/α,β-unsaturated/α-hetero) is 1. The molecule has 8 heteroatoms. The van der Waals surface area contributed by atoms with Crippen LogP contribution in [-0.4, -0.2) is 65.6 Å². The van der Waals surface area contributed by atoms with Crippen molar-refractivity contribution in [2.75, 3.05) is 20.2 Å². The summed E-state index contributed by atoms with van der Waals surface area (Å²) in [6.07, 6.45) is 6.23. The van der Waals surface area contributed by atoms with E-state index in [1.54, 1.807) is 6.07 Å². The average Bonchev–Trinajstić information content (AvgIpc) is 3.54. The standard InChI is InChI=1S/C25H28N2O6/c1-32-20(31)7-6-19(30)26-25-9-8-17(29)23-24(25)10-11-27(13-14-2-3-14)18(25)12-15-4-5-16(28)22(33-23)21(15)24/h4-7,14,18,23,28H,2-3,8-13H2,1H3,(H,26,30). The number of benzene rings is 1. The first-order chi connectivity index (χ1) is 15.9. The second-order valence-electron chi connectivity index (χ2n) is 10.1. The quantitative estimate of drug-likeness (QED) is 0.514. The Balaban J connectivity index is 1.50. The largest absolute Gasteiger partial charge is 0.504 e. The van der Waals surface area contributed by atoms with E-state index in [1.807, 2.05) is 6.07 Å². The van der Waals surface area contributed by atoms with E-state index in [1.165, 1.54) is 26.0 Å². The molecule has 1 aromatic rings. The maximum Gasteiger partial charge on any atom is 0.330 e. The summed E-state index contributed by atoms with van der Waals surface area (Å²) in [5.74, 6) is 0.147. The number of likely N-dealkylation sites (tertiary alicyclic amines) is 1. The summed E-state index contributed by atoms with van der Waals surface area (Å²) in [6, 6.07) is 3.60. The van der Waals surface area contributed by atoms with Gasteiger partial charge in [0.15, 0.2) is 23.4 Å². The van der Waals surface area contributed by atoms with Gasteiger partial charge in [0.05, 0.1) is 18.1 Å². The highest BCUT2D eigenvalue weighted by Crippen LogP contribution is 2.65. The van der Waals surface area contributed by atoms with Gasteiger partial charge in [-0.1, -0.05) is 6.07 Å². The van der Waals surface area contributed by atoms with E-state index >= 15 is 0 Å². The molecule has 2 aliphatic heterocycles. The second-order valence-corrected chi connectivity index (χ2v) is 10.1. The van der Waals surface area contributed by atoms with Crippen molar-refractivity contribution in [2.24, 2.45) is 5.92 Å². The maximum absolute atomic E-state index is 13.2. The van der Waals surface area contributed by atoms with E-state index in [-0.39, 0.29) is 23.5 Å². The maximum atomic E-state index is 13.2. The molecule has 2 heterocycles. The molecule has 2 N–H and O–H groups in total. The zero-order valence-corrected chi connectivity index (χ0v) is 18.6. The van der Waals surface area contributed by atoms with Crippen LogP contribution in [0.2, 0.25) is 0 Å². The Hall–Kier alpha value is -2.87. The minimum atomic E-state index is -0.734. The van der Waals surface area contributed by atoms with Gasteiger partial charge in [0, 0.05) is 36.7 Å². The van der Waals surface area contributed by atoms with Gasteiger partial charge in [0.2, 0.25) is 5.91 Å². The number of carbonyl (C=O) groups excluding carboxylic acids is 3. The molecule has 1 aromatic carbocycles. The molecular formula is C25H28N2O6. The molecule has 33 heavy (non-hydrogen) atoms. The number of amides is 1. The smallest absolute Gasteiger partial charge is 0.330 e. The van der Waals surface area contributed by atoms with Crippen LogP contribution in [0.15, 0.2) is 24.3 Å². The molecule has 1 amide bonds. The van der Waals surface area contributed by atoms with E-state index < -0.39 is 23.0 Å². The Morgan fingerprint density at radius 3 is 2.88 bits per heavy atom. The van der Waals surface area contributed by atoms with E-state index in [2.05, 4.69) is 15.0 Å². The fourth-order valence-corrected chi connectivity index (χ4v) is 7.04. The third kappa shape index (κ3) is 2.76. The summed E-state index contributed by atoms with van der Waals surface area (Å²) in [5, 5.41) is 13.9. The topological polar surface area (TPSA) is 105 Å². The van der Waals surface area contributed by atoms with E-state index in [0.29, 0.717) is 37.4 Å². The number of rotatable bonds is 5. The van der Waals surface area contributed by atoms with Gasteiger partial charge in [-0.2, -0.15) is 0 Å². The number of methoxy groups -OCH3 is 1. The molecule has 1 saturated heterocycles. The number of nitrogens with one attached hydrogen (secondary N) is 1. The van der Waals surface area contributed by atoms with Crippen molar-refractivity contribution in [1.29, 1.82) is 0 Å².